The first-order valence-electron chi connectivity index (χ1n) is 3.93. The fraction of sp³-hybridized carbons (Fsp3) is 0.444. The molecular formula is C9H14O4. The van der Waals surface area contributed by atoms with Crippen molar-refractivity contribution in [2.24, 2.45) is 0 Å². The Kier molecular flexibility index (Phi) is 6.63. The highest BCUT2D eigenvalue weighted by molar-refractivity contribution is 5.85. The summed E-state index contributed by atoms with van der Waals surface area (Å²) in [7, 11) is 0. The molecule has 0 aromatic rings. The van der Waals surface area contributed by atoms with Crippen LogP contribution in [0.25, 0.3) is 0 Å². The molecular weight excluding hydrogens is 172 g/mol. The number of hydrogen-bond donors (Lipinski definition) is 0. The zero-order valence-corrected chi connectivity index (χ0v) is 7.75. The Labute approximate surface area is 77.8 Å². The molecule has 4 nitrogen and oxygen atoms in total. The molecule has 0 saturated heterocycles. The molecule has 0 aliphatic heterocycles. The second-order valence-corrected chi connectivity index (χ2v) is 2.04. The van der Waals surface area contributed by atoms with Gasteiger partial charge in [0, 0.05) is 6.61 Å². The molecule has 0 aliphatic carbocycles. The minimum absolute atomic E-state index is 0.0420. The summed E-state index contributed by atoms with van der Waals surface area (Å²) in [6.07, 6.45) is 1.03. The number of rotatable bonds is 7. The van der Waals surface area contributed by atoms with Crippen molar-refractivity contribution in [3.8, 4) is 0 Å². The van der Waals surface area contributed by atoms with Crippen LogP contribution in [-0.2, 0) is 19.0 Å². The van der Waals surface area contributed by atoms with E-state index in [1.54, 1.807) is 0 Å². The maximum Gasteiger partial charge on any atom is 0.377 e. The van der Waals surface area contributed by atoms with Gasteiger partial charge in [-0.25, -0.2) is 4.79 Å². The normalized spacial score (nSPS) is 9.00. The van der Waals surface area contributed by atoms with E-state index < -0.39 is 5.97 Å². The molecule has 0 spiro atoms. The largest absolute Gasteiger partial charge is 0.484 e. The van der Waals surface area contributed by atoms with Gasteiger partial charge in [0.05, 0.1) is 12.9 Å². The van der Waals surface area contributed by atoms with Gasteiger partial charge in [-0.3, -0.25) is 0 Å². The SMILES string of the molecule is C=COC(=O)C(=C)OCCOCC. The van der Waals surface area contributed by atoms with Crippen LogP contribution in [0.5, 0.6) is 0 Å². The summed E-state index contributed by atoms with van der Waals surface area (Å²) in [4.78, 5) is 10.8. The summed E-state index contributed by atoms with van der Waals surface area (Å²) in [5.74, 6) is -0.675. The van der Waals surface area contributed by atoms with Gasteiger partial charge in [0.25, 0.3) is 0 Å². The molecule has 0 N–H and O–H groups in total. The van der Waals surface area contributed by atoms with Crippen LogP contribution >= 0.6 is 0 Å². The van der Waals surface area contributed by atoms with Gasteiger partial charge in [-0.1, -0.05) is 6.58 Å². The summed E-state index contributed by atoms with van der Waals surface area (Å²) >= 11 is 0. The molecule has 0 radical (unpaired) electrons. The van der Waals surface area contributed by atoms with Crippen molar-refractivity contribution < 1.29 is 19.0 Å². The van der Waals surface area contributed by atoms with E-state index >= 15 is 0 Å². The van der Waals surface area contributed by atoms with Gasteiger partial charge in [0.15, 0.2) is 5.76 Å². The molecule has 0 heterocycles. The zero-order valence-electron chi connectivity index (χ0n) is 7.75. The summed E-state index contributed by atoms with van der Waals surface area (Å²) in [5.41, 5.74) is 0. The summed E-state index contributed by atoms with van der Waals surface area (Å²) in [6, 6.07) is 0. The number of esters is 1. The van der Waals surface area contributed by atoms with Crippen LogP contribution in [0.3, 0.4) is 0 Å². The molecule has 0 fully saturated rings. The van der Waals surface area contributed by atoms with Gasteiger partial charge in [-0.05, 0) is 13.5 Å². The van der Waals surface area contributed by atoms with E-state index in [9.17, 15) is 4.79 Å². The molecule has 0 bridgehead atoms. The molecule has 0 aromatic heterocycles. The molecule has 0 atom stereocenters. The van der Waals surface area contributed by atoms with Crippen LogP contribution in [0, 0.1) is 0 Å². The minimum atomic E-state index is -0.633. The minimum Gasteiger partial charge on any atom is -0.484 e. The Hall–Kier alpha value is -1.29. The first-order chi connectivity index (χ1) is 6.22. The summed E-state index contributed by atoms with van der Waals surface area (Å²) in [6.45, 7) is 9.81. The Morgan fingerprint density at radius 1 is 1.46 bits per heavy atom. The third kappa shape index (κ3) is 5.93. The first kappa shape index (κ1) is 11.7. The molecule has 13 heavy (non-hydrogen) atoms. The second kappa shape index (κ2) is 7.36. The lowest BCUT2D eigenvalue weighted by Gasteiger charge is -2.06. The quantitative estimate of drug-likeness (QED) is 0.260. The van der Waals surface area contributed by atoms with Gasteiger partial charge >= 0.3 is 5.97 Å². The van der Waals surface area contributed by atoms with Crippen molar-refractivity contribution in [3.63, 3.8) is 0 Å². The van der Waals surface area contributed by atoms with Crippen molar-refractivity contribution >= 4 is 5.97 Å². The molecule has 0 saturated carbocycles. The van der Waals surface area contributed by atoms with Crippen LogP contribution in [-0.4, -0.2) is 25.8 Å². The van der Waals surface area contributed by atoms with E-state index in [1.165, 1.54) is 0 Å². The highest BCUT2D eigenvalue weighted by Gasteiger charge is 2.07. The average molecular weight is 186 g/mol. The smallest absolute Gasteiger partial charge is 0.377 e. The molecule has 0 aliphatic rings. The first-order valence-corrected chi connectivity index (χ1v) is 3.93. The van der Waals surface area contributed by atoms with Crippen LogP contribution in [0.2, 0.25) is 0 Å². The van der Waals surface area contributed by atoms with E-state index in [1.807, 2.05) is 6.92 Å². The number of carbonyl (C=O) groups is 1. The Balaban J connectivity index is 3.50. The number of ether oxygens (including phenoxy) is 3. The zero-order chi connectivity index (χ0) is 10.1. The Morgan fingerprint density at radius 2 is 2.15 bits per heavy atom. The lowest BCUT2D eigenvalue weighted by Crippen LogP contribution is -2.10. The second-order valence-electron chi connectivity index (χ2n) is 2.04. The molecule has 0 unspecified atom stereocenters. The topological polar surface area (TPSA) is 44.8 Å². The third-order valence-electron chi connectivity index (χ3n) is 1.13. The van der Waals surface area contributed by atoms with Crippen molar-refractivity contribution in [3.05, 3.63) is 25.2 Å². The predicted octanol–water partition coefficient (Wildman–Crippen LogP) is 1.24. The van der Waals surface area contributed by atoms with Gasteiger partial charge in [0.2, 0.25) is 0 Å². The Bertz CT molecular complexity index is 186. The van der Waals surface area contributed by atoms with Crippen molar-refractivity contribution in [1.29, 1.82) is 0 Å². The molecule has 74 valence electrons. The van der Waals surface area contributed by atoms with E-state index in [0.717, 1.165) is 6.26 Å². The fourth-order valence-electron chi connectivity index (χ4n) is 0.568. The number of carbonyl (C=O) groups excluding carboxylic acids is 1. The maximum atomic E-state index is 10.8. The van der Waals surface area contributed by atoms with Crippen LogP contribution in [0.1, 0.15) is 6.92 Å². The monoisotopic (exact) mass is 186 g/mol. The standard InChI is InChI=1S/C9H14O4/c1-4-11-6-7-13-8(3)9(10)12-5-2/h5H,2-4,6-7H2,1H3. The van der Waals surface area contributed by atoms with Gasteiger partial charge in [-0.2, -0.15) is 0 Å². The van der Waals surface area contributed by atoms with Gasteiger partial charge in [-0.15, -0.1) is 0 Å². The van der Waals surface area contributed by atoms with E-state index in [2.05, 4.69) is 17.9 Å². The van der Waals surface area contributed by atoms with Gasteiger partial charge in [0.1, 0.15) is 6.61 Å². The Morgan fingerprint density at radius 3 is 2.69 bits per heavy atom. The highest BCUT2D eigenvalue weighted by atomic mass is 16.6. The van der Waals surface area contributed by atoms with Crippen LogP contribution < -0.4 is 0 Å². The van der Waals surface area contributed by atoms with Gasteiger partial charge < -0.3 is 14.2 Å². The lowest BCUT2D eigenvalue weighted by molar-refractivity contribution is -0.137. The third-order valence-corrected chi connectivity index (χ3v) is 1.13. The van der Waals surface area contributed by atoms with Crippen LogP contribution in [0.4, 0.5) is 0 Å². The molecule has 4 heteroatoms. The average Bonchev–Trinajstić information content (AvgIpc) is 2.12. The predicted molar refractivity (Wildman–Crippen MR) is 47.9 cm³/mol. The van der Waals surface area contributed by atoms with Crippen molar-refractivity contribution in [2.45, 2.75) is 6.92 Å². The van der Waals surface area contributed by atoms with E-state index in [-0.39, 0.29) is 5.76 Å². The van der Waals surface area contributed by atoms with E-state index in [0.29, 0.717) is 19.8 Å². The summed E-state index contributed by atoms with van der Waals surface area (Å²) < 4.78 is 14.3. The van der Waals surface area contributed by atoms with Crippen molar-refractivity contribution in [1.82, 2.24) is 0 Å². The molecule has 0 amide bonds. The fourth-order valence-corrected chi connectivity index (χ4v) is 0.568. The molecule has 0 rings (SSSR count). The maximum absolute atomic E-state index is 10.8. The van der Waals surface area contributed by atoms with Crippen molar-refractivity contribution in [2.75, 3.05) is 19.8 Å². The lowest BCUT2D eigenvalue weighted by atomic mass is 10.5. The summed E-state index contributed by atoms with van der Waals surface area (Å²) in [5, 5.41) is 0. The van der Waals surface area contributed by atoms with Crippen LogP contribution in [0.15, 0.2) is 25.2 Å². The highest BCUT2D eigenvalue weighted by Crippen LogP contribution is 1.97. The molecule has 0 aromatic carbocycles. The number of hydrogen-bond acceptors (Lipinski definition) is 4. The van der Waals surface area contributed by atoms with E-state index in [4.69, 9.17) is 9.47 Å².